The van der Waals surface area contributed by atoms with Crippen LogP contribution in [0.15, 0.2) is 16.6 Å². The summed E-state index contributed by atoms with van der Waals surface area (Å²) in [5, 5.41) is 12.7. The van der Waals surface area contributed by atoms with Gasteiger partial charge in [0.2, 0.25) is 5.91 Å². The number of carbonyl (C=O) groups excluding carboxylic acids is 1. The van der Waals surface area contributed by atoms with E-state index in [1.54, 1.807) is 12.1 Å². The topological polar surface area (TPSA) is 52.9 Å². The molecule has 20 heavy (non-hydrogen) atoms. The number of benzene rings is 1. The number of rotatable bonds is 2. The van der Waals surface area contributed by atoms with Gasteiger partial charge in [0.05, 0.1) is 21.8 Å². The van der Waals surface area contributed by atoms with Gasteiger partial charge in [-0.15, -0.1) is 0 Å². The van der Waals surface area contributed by atoms with Crippen molar-refractivity contribution in [2.45, 2.75) is 32.1 Å². The van der Waals surface area contributed by atoms with Crippen LogP contribution < -0.4 is 5.32 Å². The first-order valence-electron chi connectivity index (χ1n) is 6.36. The van der Waals surface area contributed by atoms with E-state index >= 15 is 0 Å². The molecule has 2 rings (SSSR count). The van der Waals surface area contributed by atoms with E-state index in [0.29, 0.717) is 28.0 Å². The third-order valence-electron chi connectivity index (χ3n) is 3.64. The molecule has 1 aliphatic rings. The van der Waals surface area contributed by atoms with Gasteiger partial charge in [-0.1, -0.05) is 42.5 Å². The molecule has 0 unspecified atom stereocenters. The monoisotopic (exact) mass is 374 g/mol. The van der Waals surface area contributed by atoms with Crippen LogP contribution in [0.3, 0.4) is 0 Å². The average molecular weight is 376 g/mol. The summed E-state index contributed by atoms with van der Waals surface area (Å²) in [7, 11) is 0. The zero-order chi connectivity index (χ0) is 14.8. The van der Waals surface area contributed by atoms with E-state index in [9.17, 15) is 10.1 Å². The van der Waals surface area contributed by atoms with Gasteiger partial charge in [0.15, 0.2) is 0 Å². The minimum absolute atomic E-state index is 0.276. The third kappa shape index (κ3) is 2.95. The number of nitrogens with one attached hydrogen (secondary N) is 1. The second kappa shape index (κ2) is 6.34. The second-order valence-corrected chi connectivity index (χ2v) is 6.54. The lowest BCUT2D eigenvalue weighted by atomic mass is 9.74. The molecule has 106 valence electrons. The Bertz CT molecular complexity index is 577. The minimum atomic E-state index is -0.943. The van der Waals surface area contributed by atoms with Crippen molar-refractivity contribution >= 4 is 50.7 Å². The molecule has 0 aromatic heterocycles. The van der Waals surface area contributed by atoms with Crippen LogP contribution in [-0.2, 0) is 4.79 Å². The summed E-state index contributed by atoms with van der Waals surface area (Å²) in [6.45, 7) is 0. The molecule has 1 N–H and O–H groups in total. The molecule has 0 bridgehead atoms. The Morgan fingerprint density at radius 2 is 1.90 bits per heavy atom. The number of halogens is 3. The molecule has 0 aliphatic heterocycles. The summed E-state index contributed by atoms with van der Waals surface area (Å²) in [5.74, 6) is -0.292. The van der Waals surface area contributed by atoms with E-state index in [4.69, 9.17) is 23.2 Å². The summed E-state index contributed by atoms with van der Waals surface area (Å²) in [6, 6.07) is 5.57. The van der Waals surface area contributed by atoms with Crippen LogP contribution >= 0.6 is 39.1 Å². The highest BCUT2D eigenvalue weighted by Gasteiger charge is 2.40. The Labute approximate surface area is 136 Å². The van der Waals surface area contributed by atoms with Crippen molar-refractivity contribution in [3.05, 3.63) is 26.7 Å². The van der Waals surface area contributed by atoms with Crippen LogP contribution in [0.2, 0.25) is 10.0 Å². The summed E-state index contributed by atoms with van der Waals surface area (Å²) < 4.78 is 0.662. The fourth-order valence-electron chi connectivity index (χ4n) is 2.41. The number of carbonyl (C=O) groups is 1. The van der Waals surface area contributed by atoms with E-state index < -0.39 is 5.41 Å². The number of nitrogens with zero attached hydrogens (tertiary/aromatic N) is 1. The lowest BCUT2D eigenvalue weighted by Gasteiger charge is -2.29. The van der Waals surface area contributed by atoms with Crippen molar-refractivity contribution in [1.82, 2.24) is 0 Å². The highest BCUT2D eigenvalue weighted by Crippen LogP contribution is 2.39. The normalized spacial score (nSPS) is 17.3. The molecule has 0 heterocycles. The van der Waals surface area contributed by atoms with Gasteiger partial charge < -0.3 is 5.32 Å². The van der Waals surface area contributed by atoms with Crippen LogP contribution in [0.25, 0.3) is 0 Å². The molecular weight excluding hydrogens is 363 g/mol. The third-order valence-corrected chi connectivity index (χ3v) is 5.41. The lowest BCUT2D eigenvalue weighted by molar-refractivity contribution is -0.124. The lowest BCUT2D eigenvalue weighted by Crippen LogP contribution is -2.36. The molecule has 1 aliphatic carbocycles. The molecule has 1 aromatic rings. The SMILES string of the molecule is N#CC1(C(=O)Nc2ccc(Br)c(Cl)c2Cl)CCCCC1. The van der Waals surface area contributed by atoms with Gasteiger partial charge in [-0.2, -0.15) is 5.26 Å². The van der Waals surface area contributed by atoms with Crippen LogP contribution in [0.4, 0.5) is 5.69 Å². The zero-order valence-electron chi connectivity index (χ0n) is 10.7. The molecule has 0 atom stereocenters. The zero-order valence-corrected chi connectivity index (χ0v) is 13.8. The van der Waals surface area contributed by atoms with Gasteiger partial charge in [0.1, 0.15) is 5.41 Å². The smallest absolute Gasteiger partial charge is 0.244 e. The minimum Gasteiger partial charge on any atom is -0.323 e. The molecule has 0 radical (unpaired) electrons. The maximum absolute atomic E-state index is 12.4. The van der Waals surface area contributed by atoms with Gasteiger partial charge in [0, 0.05) is 4.47 Å². The first kappa shape index (κ1) is 15.6. The Hall–Kier alpha value is -0.760. The fourth-order valence-corrected chi connectivity index (χ4v) is 3.23. The van der Waals surface area contributed by atoms with Gasteiger partial charge in [-0.3, -0.25) is 4.79 Å². The average Bonchev–Trinajstić information content (AvgIpc) is 2.48. The highest BCUT2D eigenvalue weighted by atomic mass is 79.9. The second-order valence-electron chi connectivity index (χ2n) is 4.93. The number of nitriles is 1. The number of amides is 1. The predicted molar refractivity (Wildman–Crippen MR) is 83.9 cm³/mol. The highest BCUT2D eigenvalue weighted by molar-refractivity contribution is 9.10. The van der Waals surface area contributed by atoms with Gasteiger partial charge in [0.25, 0.3) is 0 Å². The molecule has 1 saturated carbocycles. The summed E-state index contributed by atoms with van der Waals surface area (Å²) >= 11 is 15.4. The first-order chi connectivity index (χ1) is 9.50. The van der Waals surface area contributed by atoms with Gasteiger partial charge in [-0.05, 0) is 40.9 Å². The van der Waals surface area contributed by atoms with Gasteiger partial charge >= 0.3 is 0 Å². The molecule has 0 saturated heterocycles. The predicted octanol–water partition coefficient (Wildman–Crippen LogP) is 5.17. The van der Waals surface area contributed by atoms with Crippen molar-refractivity contribution in [3.63, 3.8) is 0 Å². The summed E-state index contributed by atoms with van der Waals surface area (Å²) in [4.78, 5) is 12.4. The molecule has 0 spiro atoms. The molecule has 6 heteroatoms. The Morgan fingerprint density at radius 1 is 1.25 bits per heavy atom. The quantitative estimate of drug-likeness (QED) is 0.725. The van der Waals surface area contributed by atoms with E-state index in [-0.39, 0.29) is 10.9 Å². The standard InChI is InChI=1S/C14H13BrCl2N2O/c15-9-4-5-10(12(17)11(9)16)19-13(20)14(8-18)6-2-1-3-7-14/h4-5H,1-3,6-7H2,(H,19,20). The molecule has 1 fully saturated rings. The molecule has 3 nitrogen and oxygen atoms in total. The number of hydrogen-bond acceptors (Lipinski definition) is 2. The van der Waals surface area contributed by atoms with E-state index in [0.717, 1.165) is 19.3 Å². The van der Waals surface area contributed by atoms with Crippen molar-refractivity contribution < 1.29 is 4.79 Å². The van der Waals surface area contributed by atoms with Crippen LogP contribution in [-0.4, -0.2) is 5.91 Å². The van der Waals surface area contributed by atoms with E-state index in [1.165, 1.54) is 0 Å². The molecule has 1 amide bonds. The van der Waals surface area contributed by atoms with Crippen LogP contribution in [0, 0.1) is 16.7 Å². The van der Waals surface area contributed by atoms with Crippen molar-refractivity contribution in [3.8, 4) is 6.07 Å². The maximum atomic E-state index is 12.4. The summed E-state index contributed by atoms with van der Waals surface area (Å²) in [5.41, 5.74) is -0.508. The van der Waals surface area contributed by atoms with Crippen LogP contribution in [0.5, 0.6) is 0 Å². The van der Waals surface area contributed by atoms with Crippen molar-refractivity contribution in [2.24, 2.45) is 5.41 Å². The summed E-state index contributed by atoms with van der Waals surface area (Å²) in [6.07, 6.45) is 4.06. The number of anilines is 1. The van der Waals surface area contributed by atoms with E-state index in [2.05, 4.69) is 27.3 Å². The fraction of sp³-hybridized carbons (Fsp3) is 0.429. The van der Waals surface area contributed by atoms with Crippen molar-refractivity contribution in [1.29, 1.82) is 5.26 Å². The first-order valence-corrected chi connectivity index (χ1v) is 7.91. The number of hydrogen-bond donors (Lipinski definition) is 1. The Morgan fingerprint density at radius 3 is 2.50 bits per heavy atom. The van der Waals surface area contributed by atoms with E-state index in [1.807, 2.05) is 0 Å². The Balaban J connectivity index is 2.24. The van der Waals surface area contributed by atoms with Gasteiger partial charge in [-0.25, -0.2) is 0 Å². The molecule has 1 aromatic carbocycles. The molecular formula is C14H13BrCl2N2O. The Kier molecular flexibility index (Phi) is 4.95. The largest absolute Gasteiger partial charge is 0.323 e. The van der Waals surface area contributed by atoms with Crippen LogP contribution in [0.1, 0.15) is 32.1 Å². The maximum Gasteiger partial charge on any atom is 0.244 e. The van der Waals surface area contributed by atoms with Crippen molar-refractivity contribution in [2.75, 3.05) is 5.32 Å².